The zero-order valence-corrected chi connectivity index (χ0v) is 9.19. The number of fused-ring (bicyclic) bond motifs is 2. The van der Waals surface area contributed by atoms with Gasteiger partial charge >= 0.3 is 0 Å². The summed E-state index contributed by atoms with van der Waals surface area (Å²) in [6.07, 6.45) is 6.74. The van der Waals surface area contributed by atoms with E-state index in [2.05, 4.69) is 19.9 Å². The van der Waals surface area contributed by atoms with Gasteiger partial charge in [0.15, 0.2) is 0 Å². The van der Waals surface area contributed by atoms with Crippen LogP contribution in [0.15, 0.2) is 6.07 Å². The van der Waals surface area contributed by atoms with Crippen molar-refractivity contribution in [3.05, 3.63) is 33.9 Å². The van der Waals surface area contributed by atoms with Crippen LogP contribution in [0, 0.1) is 0 Å². The third-order valence-corrected chi connectivity index (χ3v) is 3.87. The van der Waals surface area contributed by atoms with Crippen molar-refractivity contribution in [3.63, 3.8) is 0 Å². The minimum absolute atomic E-state index is 0.733. The molecule has 0 N–H and O–H groups in total. The van der Waals surface area contributed by atoms with Crippen LogP contribution in [-0.2, 0) is 25.7 Å². The zero-order valence-electron chi connectivity index (χ0n) is 9.19. The van der Waals surface area contributed by atoms with Crippen LogP contribution in [0.3, 0.4) is 0 Å². The van der Waals surface area contributed by atoms with Gasteiger partial charge in [-0.3, -0.25) is 0 Å². The van der Waals surface area contributed by atoms with E-state index >= 15 is 0 Å². The second kappa shape index (κ2) is 2.85. The Morgan fingerprint density at radius 3 is 2.29 bits per heavy atom. The topological polar surface area (TPSA) is 0 Å². The van der Waals surface area contributed by atoms with Crippen molar-refractivity contribution in [1.82, 2.24) is 0 Å². The second-order valence-corrected chi connectivity index (χ2v) is 5.07. The Morgan fingerprint density at radius 2 is 1.64 bits per heavy atom. The first kappa shape index (κ1) is 8.52. The van der Waals surface area contributed by atoms with Gasteiger partial charge in [0.1, 0.15) is 0 Å². The van der Waals surface area contributed by atoms with E-state index < -0.39 is 0 Å². The van der Waals surface area contributed by atoms with Crippen LogP contribution in [0.25, 0.3) is 0 Å². The van der Waals surface area contributed by atoms with E-state index in [9.17, 15) is 0 Å². The third-order valence-electron chi connectivity index (χ3n) is 3.87. The number of aryl methyl sites for hydroxylation is 2. The first-order valence-corrected chi connectivity index (χ1v) is 5.93. The van der Waals surface area contributed by atoms with Crippen molar-refractivity contribution in [1.29, 1.82) is 0 Å². The fraction of sp³-hybridized carbons (Fsp3) is 0.571. The summed E-state index contributed by atoms with van der Waals surface area (Å²) >= 11 is 0. The number of hydrogen-bond acceptors (Lipinski definition) is 0. The molecule has 0 amide bonds. The van der Waals surface area contributed by atoms with E-state index in [4.69, 9.17) is 0 Å². The zero-order chi connectivity index (χ0) is 9.71. The molecule has 74 valence electrons. The van der Waals surface area contributed by atoms with Crippen molar-refractivity contribution in [2.24, 2.45) is 0 Å². The average Bonchev–Trinajstić information content (AvgIpc) is 2.54. The van der Waals surface area contributed by atoms with Crippen LogP contribution in [0.2, 0.25) is 0 Å². The van der Waals surface area contributed by atoms with E-state index in [0.717, 1.165) is 5.92 Å². The molecule has 0 spiro atoms. The summed E-state index contributed by atoms with van der Waals surface area (Å²) in [4.78, 5) is 0. The van der Waals surface area contributed by atoms with Gasteiger partial charge in [-0.05, 0) is 65.8 Å². The maximum absolute atomic E-state index is 2.49. The lowest BCUT2D eigenvalue weighted by molar-refractivity contribution is 0.754. The number of benzene rings is 1. The van der Waals surface area contributed by atoms with Gasteiger partial charge in [0.25, 0.3) is 0 Å². The maximum Gasteiger partial charge on any atom is -0.0213 e. The Hall–Kier alpha value is -0.780. The Bertz CT molecular complexity index is 386. The Labute approximate surface area is 86.3 Å². The Morgan fingerprint density at radius 1 is 0.929 bits per heavy atom. The Balaban J connectivity index is 2.25. The lowest BCUT2D eigenvalue weighted by atomic mass is 9.77. The first-order chi connectivity index (χ1) is 6.77. The average molecular weight is 186 g/mol. The molecular weight excluding hydrogens is 168 g/mol. The summed E-state index contributed by atoms with van der Waals surface area (Å²) in [5.74, 6) is 0.733. The maximum atomic E-state index is 2.49. The van der Waals surface area contributed by atoms with Gasteiger partial charge < -0.3 is 0 Å². The fourth-order valence-corrected chi connectivity index (χ4v) is 3.18. The van der Waals surface area contributed by atoms with E-state index in [-0.39, 0.29) is 0 Å². The van der Waals surface area contributed by atoms with Gasteiger partial charge in [0.2, 0.25) is 0 Å². The van der Waals surface area contributed by atoms with Gasteiger partial charge in [-0.25, -0.2) is 0 Å². The van der Waals surface area contributed by atoms with E-state index in [1.54, 1.807) is 27.8 Å². The SMILES string of the molecule is CC(C)c1c2c(cc3c1CC3)CCC2. The molecule has 0 saturated heterocycles. The third kappa shape index (κ3) is 1.00. The normalized spacial score (nSPS) is 17.9. The van der Waals surface area contributed by atoms with Crippen LogP contribution in [0.5, 0.6) is 0 Å². The van der Waals surface area contributed by atoms with Crippen molar-refractivity contribution < 1.29 is 0 Å². The molecule has 3 rings (SSSR count). The minimum atomic E-state index is 0.733. The second-order valence-electron chi connectivity index (χ2n) is 5.07. The summed E-state index contributed by atoms with van der Waals surface area (Å²) in [6.45, 7) is 4.71. The monoisotopic (exact) mass is 186 g/mol. The molecule has 14 heavy (non-hydrogen) atoms. The summed E-state index contributed by atoms with van der Waals surface area (Å²) in [5, 5.41) is 0. The van der Waals surface area contributed by atoms with E-state index in [1.807, 2.05) is 0 Å². The lowest BCUT2D eigenvalue weighted by Gasteiger charge is -2.27. The van der Waals surface area contributed by atoms with Crippen LogP contribution in [-0.4, -0.2) is 0 Å². The van der Waals surface area contributed by atoms with E-state index in [0.29, 0.717) is 0 Å². The summed E-state index contributed by atoms with van der Waals surface area (Å²) in [6, 6.07) is 2.49. The predicted molar refractivity (Wildman–Crippen MR) is 60.0 cm³/mol. The number of rotatable bonds is 1. The molecule has 0 bridgehead atoms. The molecule has 0 atom stereocenters. The van der Waals surface area contributed by atoms with Gasteiger partial charge in [-0.2, -0.15) is 0 Å². The molecule has 0 fully saturated rings. The molecule has 0 heteroatoms. The molecular formula is C14H18. The standard InChI is InChI=1S/C14H18/c1-9(2)14-12-5-3-4-10(12)8-11-6-7-13(11)14/h8-9H,3-7H2,1-2H3. The van der Waals surface area contributed by atoms with Crippen molar-refractivity contribution in [3.8, 4) is 0 Å². The van der Waals surface area contributed by atoms with Crippen LogP contribution >= 0.6 is 0 Å². The highest BCUT2D eigenvalue weighted by molar-refractivity contribution is 5.53. The molecule has 0 saturated carbocycles. The smallest absolute Gasteiger partial charge is 0.0213 e. The van der Waals surface area contributed by atoms with Crippen LogP contribution in [0.1, 0.15) is 54.0 Å². The molecule has 0 aliphatic heterocycles. The fourth-order valence-electron chi connectivity index (χ4n) is 3.18. The van der Waals surface area contributed by atoms with Gasteiger partial charge in [0, 0.05) is 0 Å². The molecule has 2 aliphatic rings. The summed E-state index contributed by atoms with van der Waals surface area (Å²) in [7, 11) is 0. The minimum Gasteiger partial charge on any atom is -0.0587 e. The van der Waals surface area contributed by atoms with Gasteiger partial charge in [-0.1, -0.05) is 19.9 Å². The molecule has 2 aliphatic carbocycles. The summed E-state index contributed by atoms with van der Waals surface area (Å²) < 4.78 is 0. The lowest BCUT2D eigenvalue weighted by Crippen LogP contribution is -2.15. The molecule has 0 nitrogen and oxygen atoms in total. The quantitative estimate of drug-likeness (QED) is 0.630. The van der Waals surface area contributed by atoms with Crippen molar-refractivity contribution in [2.75, 3.05) is 0 Å². The van der Waals surface area contributed by atoms with Gasteiger partial charge in [-0.15, -0.1) is 0 Å². The molecule has 0 radical (unpaired) electrons. The molecule has 0 unspecified atom stereocenters. The Kier molecular flexibility index (Phi) is 1.74. The first-order valence-electron chi connectivity index (χ1n) is 5.93. The molecule has 0 aromatic heterocycles. The van der Waals surface area contributed by atoms with Crippen LogP contribution < -0.4 is 0 Å². The highest BCUT2D eigenvalue weighted by Crippen LogP contribution is 2.39. The molecule has 1 aromatic carbocycles. The van der Waals surface area contributed by atoms with Crippen molar-refractivity contribution >= 4 is 0 Å². The molecule has 0 heterocycles. The van der Waals surface area contributed by atoms with Crippen molar-refractivity contribution in [2.45, 2.75) is 51.9 Å². The predicted octanol–water partition coefficient (Wildman–Crippen LogP) is 3.40. The highest BCUT2D eigenvalue weighted by Gasteiger charge is 2.26. The summed E-state index contributed by atoms with van der Waals surface area (Å²) in [5.41, 5.74) is 8.49. The van der Waals surface area contributed by atoms with Crippen LogP contribution in [0.4, 0.5) is 0 Å². The highest BCUT2D eigenvalue weighted by atomic mass is 14.3. The van der Waals surface area contributed by atoms with E-state index in [1.165, 1.54) is 32.1 Å². The number of hydrogen-bond donors (Lipinski definition) is 0. The molecule has 1 aromatic rings. The largest absolute Gasteiger partial charge is 0.0587 e. The van der Waals surface area contributed by atoms with Gasteiger partial charge in [0.05, 0.1) is 0 Å².